The lowest BCUT2D eigenvalue weighted by Gasteiger charge is -2.07. The summed E-state index contributed by atoms with van der Waals surface area (Å²) in [6.45, 7) is 2.32. The molecule has 1 aromatic heterocycles. The molecule has 6 nitrogen and oxygen atoms in total. The molecule has 0 fully saturated rings. The molecule has 0 aliphatic rings. The number of ether oxygens (including phenoxy) is 1. The molecule has 6 heteroatoms. The molecule has 2 aromatic rings. The first-order valence-corrected chi connectivity index (χ1v) is 6.92. The molecule has 2 N–H and O–H groups in total. The molecule has 0 unspecified atom stereocenters. The smallest absolute Gasteiger partial charge is 0.251 e. The summed E-state index contributed by atoms with van der Waals surface area (Å²) in [6.07, 6.45) is 3.27. The van der Waals surface area contributed by atoms with E-state index in [-0.39, 0.29) is 18.4 Å². The van der Waals surface area contributed by atoms with Gasteiger partial charge in [-0.1, -0.05) is 0 Å². The zero-order chi connectivity index (χ0) is 15.8. The molecule has 0 aliphatic carbocycles. The topological polar surface area (TPSA) is 80.3 Å². The van der Waals surface area contributed by atoms with E-state index < -0.39 is 0 Å². The second-order valence-corrected chi connectivity index (χ2v) is 4.45. The summed E-state index contributed by atoms with van der Waals surface area (Å²) in [5.41, 5.74) is 0.461. The Balaban J connectivity index is 1.91. The lowest BCUT2D eigenvalue weighted by atomic mass is 10.2. The van der Waals surface area contributed by atoms with Crippen LogP contribution in [0.2, 0.25) is 0 Å². The van der Waals surface area contributed by atoms with Gasteiger partial charge >= 0.3 is 0 Å². The highest BCUT2D eigenvalue weighted by molar-refractivity contribution is 5.96. The maximum atomic E-state index is 11.9. The number of hydrogen-bond donors (Lipinski definition) is 2. The van der Waals surface area contributed by atoms with Crippen LogP contribution in [0.3, 0.4) is 0 Å². The van der Waals surface area contributed by atoms with Crippen LogP contribution in [0.1, 0.15) is 17.3 Å². The average molecular weight is 299 g/mol. The average Bonchev–Trinajstić information content (AvgIpc) is 2.54. The number of likely N-dealkylation sites (N-methyl/N-ethyl adjacent to an activating group) is 1. The highest BCUT2D eigenvalue weighted by Crippen LogP contribution is 2.20. The van der Waals surface area contributed by atoms with Crippen LogP contribution in [-0.4, -0.2) is 29.9 Å². The number of amides is 2. The minimum Gasteiger partial charge on any atom is -0.456 e. The molecule has 2 rings (SSSR count). The predicted molar refractivity (Wildman–Crippen MR) is 81.8 cm³/mol. The number of aromatic nitrogens is 1. The highest BCUT2D eigenvalue weighted by Gasteiger charge is 2.07. The fourth-order valence-corrected chi connectivity index (χ4v) is 1.74. The number of rotatable bonds is 6. The SMILES string of the molecule is CCNC(=O)CNC(=O)c1ccc(Oc2cccnc2)cc1. The van der Waals surface area contributed by atoms with E-state index in [0.717, 1.165) is 0 Å². The molecule has 114 valence electrons. The minimum absolute atomic E-state index is 0.0411. The summed E-state index contributed by atoms with van der Waals surface area (Å²) in [5.74, 6) is 0.704. The molecular formula is C16H17N3O3. The van der Waals surface area contributed by atoms with E-state index in [0.29, 0.717) is 23.6 Å². The van der Waals surface area contributed by atoms with Crippen LogP contribution in [0.4, 0.5) is 0 Å². The number of pyridine rings is 1. The Bertz CT molecular complexity index is 627. The lowest BCUT2D eigenvalue weighted by molar-refractivity contribution is -0.120. The van der Waals surface area contributed by atoms with Crippen molar-refractivity contribution in [3.05, 3.63) is 54.4 Å². The summed E-state index contributed by atoms with van der Waals surface area (Å²) in [4.78, 5) is 27.1. The largest absolute Gasteiger partial charge is 0.456 e. The number of nitrogens with one attached hydrogen (secondary N) is 2. The van der Waals surface area contributed by atoms with Crippen molar-refractivity contribution in [1.29, 1.82) is 0 Å². The van der Waals surface area contributed by atoms with Gasteiger partial charge in [-0.3, -0.25) is 14.6 Å². The molecule has 0 bridgehead atoms. The van der Waals surface area contributed by atoms with Gasteiger partial charge in [-0.05, 0) is 43.3 Å². The van der Waals surface area contributed by atoms with E-state index in [2.05, 4.69) is 15.6 Å². The first-order valence-electron chi connectivity index (χ1n) is 6.92. The third kappa shape index (κ3) is 4.59. The molecule has 1 aromatic carbocycles. The monoisotopic (exact) mass is 299 g/mol. The van der Waals surface area contributed by atoms with Gasteiger partial charge in [-0.25, -0.2) is 0 Å². The summed E-state index contributed by atoms with van der Waals surface area (Å²) >= 11 is 0. The van der Waals surface area contributed by atoms with E-state index in [1.807, 2.05) is 6.92 Å². The van der Waals surface area contributed by atoms with Crippen molar-refractivity contribution in [2.24, 2.45) is 0 Å². The number of carbonyl (C=O) groups excluding carboxylic acids is 2. The number of nitrogens with zero attached hydrogens (tertiary/aromatic N) is 1. The quantitative estimate of drug-likeness (QED) is 0.851. The molecular weight excluding hydrogens is 282 g/mol. The number of hydrogen-bond acceptors (Lipinski definition) is 4. The first kappa shape index (κ1) is 15.5. The summed E-state index contributed by atoms with van der Waals surface area (Å²) in [6, 6.07) is 10.2. The maximum Gasteiger partial charge on any atom is 0.251 e. The van der Waals surface area contributed by atoms with Crippen LogP contribution in [-0.2, 0) is 4.79 Å². The molecule has 0 saturated carbocycles. The van der Waals surface area contributed by atoms with Crippen LogP contribution in [0, 0.1) is 0 Å². The fraction of sp³-hybridized carbons (Fsp3) is 0.188. The Kier molecular flexibility index (Phi) is 5.48. The van der Waals surface area contributed by atoms with E-state index in [1.165, 1.54) is 0 Å². The van der Waals surface area contributed by atoms with Crippen LogP contribution in [0.25, 0.3) is 0 Å². The number of benzene rings is 1. The van der Waals surface area contributed by atoms with E-state index in [9.17, 15) is 9.59 Å². The summed E-state index contributed by atoms with van der Waals surface area (Å²) in [5, 5.41) is 5.16. The number of carbonyl (C=O) groups is 2. The molecule has 0 radical (unpaired) electrons. The molecule has 22 heavy (non-hydrogen) atoms. The van der Waals surface area contributed by atoms with E-state index in [1.54, 1.807) is 48.8 Å². The van der Waals surface area contributed by atoms with Gasteiger partial charge in [0.15, 0.2) is 0 Å². The van der Waals surface area contributed by atoms with Crippen molar-refractivity contribution in [3.8, 4) is 11.5 Å². The van der Waals surface area contributed by atoms with Gasteiger partial charge in [0.1, 0.15) is 11.5 Å². The van der Waals surface area contributed by atoms with Crippen LogP contribution in [0.5, 0.6) is 11.5 Å². The van der Waals surface area contributed by atoms with Crippen molar-refractivity contribution < 1.29 is 14.3 Å². The van der Waals surface area contributed by atoms with E-state index in [4.69, 9.17) is 4.74 Å². The Morgan fingerprint density at radius 3 is 2.50 bits per heavy atom. The Morgan fingerprint density at radius 1 is 1.09 bits per heavy atom. The molecule has 2 amide bonds. The van der Waals surface area contributed by atoms with Crippen molar-refractivity contribution in [2.45, 2.75) is 6.92 Å². The first-order chi connectivity index (χ1) is 10.7. The van der Waals surface area contributed by atoms with Crippen molar-refractivity contribution in [2.75, 3.05) is 13.1 Å². The summed E-state index contributed by atoms with van der Waals surface area (Å²) < 4.78 is 5.58. The van der Waals surface area contributed by atoms with Gasteiger partial charge in [0, 0.05) is 18.3 Å². The van der Waals surface area contributed by atoms with Crippen molar-refractivity contribution in [3.63, 3.8) is 0 Å². The van der Waals surface area contributed by atoms with E-state index >= 15 is 0 Å². The van der Waals surface area contributed by atoms with Crippen LogP contribution in [0.15, 0.2) is 48.8 Å². The molecule has 1 heterocycles. The predicted octanol–water partition coefficient (Wildman–Crippen LogP) is 1.74. The van der Waals surface area contributed by atoms with Gasteiger partial charge in [0.05, 0.1) is 12.7 Å². The maximum absolute atomic E-state index is 11.9. The van der Waals surface area contributed by atoms with Crippen molar-refractivity contribution >= 4 is 11.8 Å². The zero-order valence-corrected chi connectivity index (χ0v) is 12.2. The van der Waals surface area contributed by atoms with Gasteiger partial charge < -0.3 is 15.4 Å². The minimum atomic E-state index is -0.306. The Morgan fingerprint density at radius 2 is 1.86 bits per heavy atom. The fourth-order valence-electron chi connectivity index (χ4n) is 1.74. The second kappa shape index (κ2) is 7.78. The van der Waals surface area contributed by atoms with Crippen molar-refractivity contribution in [1.82, 2.24) is 15.6 Å². The zero-order valence-electron chi connectivity index (χ0n) is 12.2. The van der Waals surface area contributed by atoms with Crippen LogP contribution < -0.4 is 15.4 Å². The molecule has 0 spiro atoms. The lowest BCUT2D eigenvalue weighted by Crippen LogP contribution is -2.36. The molecule has 0 saturated heterocycles. The third-order valence-corrected chi connectivity index (χ3v) is 2.77. The van der Waals surface area contributed by atoms with Gasteiger partial charge in [0.25, 0.3) is 5.91 Å². The third-order valence-electron chi connectivity index (χ3n) is 2.77. The normalized spacial score (nSPS) is 9.86. The van der Waals surface area contributed by atoms with Gasteiger partial charge in [-0.15, -0.1) is 0 Å². The Labute approximate surface area is 128 Å². The van der Waals surface area contributed by atoms with Gasteiger partial charge in [0.2, 0.25) is 5.91 Å². The highest BCUT2D eigenvalue weighted by atomic mass is 16.5. The summed E-state index contributed by atoms with van der Waals surface area (Å²) in [7, 11) is 0. The van der Waals surface area contributed by atoms with Crippen LogP contribution >= 0.6 is 0 Å². The standard InChI is InChI=1S/C16H17N3O3/c1-2-18-15(20)11-19-16(21)12-5-7-13(8-6-12)22-14-4-3-9-17-10-14/h3-10H,2,11H2,1H3,(H,18,20)(H,19,21). The molecule has 0 atom stereocenters. The van der Waals surface area contributed by atoms with Gasteiger partial charge in [-0.2, -0.15) is 0 Å². The second-order valence-electron chi connectivity index (χ2n) is 4.45. The molecule has 0 aliphatic heterocycles. The Hall–Kier alpha value is -2.89.